The lowest BCUT2D eigenvalue weighted by Crippen LogP contribution is -2.21. The molecule has 1 aromatic carbocycles. The monoisotopic (exact) mass is 443 g/mol. The number of nitrogens with zero attached hydrogens (tertiary/aromatic N) is 4. The van der Waals surface area contributed by atoms with Gasteiger partial charge >= 0.3 is 11.9 Å². The van der Waals surface area contributed by atoms with Crippen molar-refractivity contribution in [1.29, 1.82) is 0 Å². The van der Waals surface area contributed by atoms with E-state index in [0.29, 0.717) is 24.1 Å². The molecule has 0 bridgehead atoms. The lowest BCUT2D eigenvalue weighted by Gasteiger charge is -2.16. The first-order valence-corrected chi connectivity index (χ1v) is 10.8. The van der Waals surface area contributed by atoms with E-state index in [1.165, 1.54) is 19.4 Å². The van der Waals surface area contributed by atoms with Gasteiger partial charge in [0, 0.05) is 32.1 Å². The van der Waals surface area contributed by atoms with Crippen LogP contribution in [0.4, 0.5) is 5.95 Å². The van der Waals surface area contributed by atoms with Crippen LogP contribution >= 0.6 is 11.8 Å². The molecule has 0 radical (unpaired) electrons. The van der Waals surface area contributed by atoms with Gasteiger partial charge < -0.3 is 19.8 Å². The van der Waals surface area contributed by atoms with Crippen LogP contribution < -0.4 is 5.73 Å². The molecule has 0 aliphatic heterocycles. The third kappa shape index (κ3) is 6.68. The molecule has 9 nitrogen and oxygen atoms in total. The molecule has 0 fully saturated rings. The molecule has 0 aliphatic carbocycles. The number of nitrogens with two attached hydrogens (primary N) is 1. The highest BCUT2D eigenvalue weighted by Gasteiger charge is 2.17. The largest absolute Gasteiger partial charge is 0.465 e. The highest BCUT2D eigenvalue weighted by Crippen LogP contribution is 2.28. The van der Waals surface area contributed by atoms with E-state index >= 15 is 0 Å². The Morgan fingerprint density at radius 3 is 2.42 bits per heavy atom. The van der Waals surface area contributed by atoms with Gasteiger partial charge in [0.2, 0.25) is 5.95 Å². The second-order valence-electron chi connectivity index (χ2n) is 7.03. The molecule has 0 unspecified atom stereocenters. The zero-order valence-corrected chi connectivity index (χ0v) is 18.3. The van der Waals surface area contributed by atoms with Gasteiger partial charge in [-0.1, -0.05) is 42.1 Å². The van der Waals surface area contributed by atoms with Crippen molar-refractivity contribution in [3.8, 4) is 0 Å². The van der Waals surface area contributed by atoms with Gasteiger partial charge in [-0.3, -0.25) is 9.59 Å². The number of aromatic nitrogens is 4. The number of ether oxygens (including phenoxy) is 2. The molecule has 0 spiro atoms. The van der Waals surface area contributed by atoms with Crippen LogP contribution in [0.25, 0.3) is 11.2 Å². The van der Waals surface area contributed by atoms with Crippen LogP contribution in [0.5, 0.6) is 0 Å². The number of benzene rings is 1. The molecular weight excluding hydrogens is 418 g/mol. The number of aryl methyl sites for hydroxylation is 1. The molecule has 3 aromatic rings. The summed E-state index contributed by atoms with van der Waals surface area (Å²) in [5, 5.41) is 0.724. The lowest BCUT2D eigenvalue weighted by atomic mass is 10.1. The number of thioether (sulfide) groups is 1. The quantitative estimate of drug-likeness (QED) is 0.286. The predicted octanol–water partition coefficient (Wildman–Crippen LogP) is 2.83. The van der Waals surface area contributed by atoms with E-state index in [0.717, 1.165) is 10.8 Å². The van der Waals surface area contributed by atoms with Crippen LogP contribution in [0.2, 0.25) is 0 Å². The average Bonchev–Trinajstić information content (AvgIpc) is 3.14. The summed E-state index contributed by atoms with van der Waals surface area (Å²) in [6.07, 6.45) is 2.29. The normalized spacial score (nSPS) is 11.1. The molecule has 2 aromatic heterocycles. The number of nitrogen functional groups attached to an aromatic ring is 1. The third-order valence-electron chi connectivity index (χ3n) is 4.49. The molecule has 2 N–H and O–H groups in total. The van der Waals surface area contributed by atoms with E-state index in [-0.39, 0.29) is 37.0 Å². The fourth-order valence-electron chi connectivity index (χ4n) is 2.93. The van der Waals surface area contributed by atoms with E-state index in [1.807, 2.05) is 22.8 Å². The van der Waals surface area contributed by atoms with Crippen molar-refractivity contribution in [2.45, 2.75) is 37.6 Å². The van der Waals surface area contributed by atoms with Crippen molar-refractivity contribution in [2.24, 2.45) is 5.92 Å². The van der Waals surface area contributed by atoms with Crippen LogP contribution in [0.1, 0.15) is 25.8 Å². The Bertz CT molecular complexity index is 1020. The molecule has 0 atom stereocenters. The number of hydrogen-bond acceptors (Lipinski definition) is 9. The Morgan fingerprint density at radius 2 is 1.77 bits per heavy atom. The minimum absolute atomic E-state index is 0.142. The maximum absolute atomic E-state index is 11.2. The molecular formula is C21H25N5O4S. The summed E-state index contributed by atoms with van der Waals surface area (Å²) < 4.78 is 12.1. The summed E-state index contributed by atoms with van der Waals surface area (Å²) in [6, 6.07) is 10.1. The van der Waals surface area contributed by atoms with E-state index in [4.69, 9.17) is 15.2 Å². The number of fused-ring (bicyclic) bond motifs is 1. The van der Waals surface area contributed by atoms with Crippen LogP contribution in [0.15, 0.2) is 41.7 Å². The van der Waals surface area contributed by atoms with Crippen molar-refractivity contribution in [3.63, 3.8) is 0 Å². The minimum atomic E-state index is -0.374. The van der Waals surface area contributed by atoms with E-state index < -0.39 is 0 Å². The number of carbonyl (C=O) groups excluding carboxylic acids is 2. The second-order valence-corrected chi connectivity index (χ2v) is 8.00. The van der Waals surface area contributed by atoms with Crippen molar-refractivity contribution >= 4 is 40.8 Å². The fraction of sp³-hybridized carbons (Fsp3) is 0.381. The van der Waals surface area contributed by atoms with Crippen molar-refractivity contribution in [2.75, 3.05) is 18.9 Å². The smallest absolute Gasteiger partial charge is 0.302 e. The summed E-state index contributed by atoms with van der Waals surface area (Å²) in [5.74, 6) is 0.0343. The molecule has 0 saturated heterocycles. The predicted molar refractivity (Wildman–Crippen MR) is 117 cm³/mol. The van der Waals surface area contributed by atoms with Crippen LogP contribution in [-0.4, -0.2) is 44.7 Å². The fourth-order valence-corrected chi connectivity index (χ4v) is 3.87. The average molecular weight is 444 g/mol. The van der Waals surface area contributed by atoms with Gasteiger partial charge in [0.15, 0.2) is 5.65 Å². The van der Waals surface area contributed by atoms with Gasteiger partial charge in [-0.2, -0.15) is 4.98 Å². The minimum Gasteiger partial charge on any atom is -0.465 e. The Morgan fingerprint density at radius 1 is 1.10 bits per heavy atom. The van der Waals surface area contributed by atoms with Gasteiger partial charge in [-0.25, -0.2) is 9.97 Å². The van der Waals surface area contributed by atoms with Crippen molar-refractivity contribution < 1.29 is 19.1 Å². The van der Waals surface area contributed by atoms with E-state index in [1.54, 1.807) is 18.1 Å². The van der Waals surface area contributed by atoms with E-state index in [9.17, 15) is 9.59 Å². The topological polar surface area (TPSA) is 122 Å². The Labute approximate surface area is 184 Å². The molecule has 164 valence electrons. The Hall–Kier alpha value is -3.14. The van der Waals surface area contributed by atoms with E-state index in [2.05, 4.69) is 27.1 Å². The number of anilines is 1. The third-order valence-corrected chi connectivity index (χ3v) is 5.53. The molecule has 31 heavy (non-hydrogen) atoms. The van der Waals surface area contributed by atoms with Gasteiger partial charge in [0.1, 0.15) is 10.5 Å². The van der Waals surface area contributed by atoms with Gasteiger partial charge in [-0.05, 0) is 12.0 Å². The summed E-state index contributed by atoms with van der Waals surface area (Å²) in [7, 11) is 0. The van der Waals surface area contributed by atoms with Crippen LogP contribution in [-0.2, 0) is 31.4 Å². The standard InChI is InChI=1S/C21H25N5O4S/c1-14(27)29-10-17(11-30-15(2)28)8-9-26-13-23-18-19(26)24-21(22)25-20(18)31-12-16-6-4-3-5-7-16/h3-7,13,17H,8-12H2,1-2H3,(H2,22,24,25). The summed E-state index contributed by atoms with van der Waals surface area (Å²) >= 11 is 1.56. The molecule has 10 heteroatoms. The maximum atomic E-state index is 11.2. The molecule has 0 aliphatic rings. The Balaban J connectivity index is 1.72. The highest BCUT2D eigenvalue weighted by atomic mass is 32.2. The molecule has 3 rings (SSSR count). The van der Waals surface area contributed by atoms with Gasteiger partial charge in [-0.15, -0.1) is 0 Å². The first kappa shape index (κ1) is 22.5. The van der Waals surface area contributed by atoms with Gasteiger partial charge in [0.05, 0.1) is 19.5 Å². The number of hydrogen-bond donors (Lipinski definition) is 1. The lowest BCUT2D eigenvalue weighted by molar-refractivity contribution is -0.146. The van der Waals surface area contributed by atoms with Crippen LogP contribution in [0.3, 0.4) is 0 Å². The Kier molecular flexibility index (Phi) is 7.82. The summed E-state index contributed by atoms with van der Waals surface area (Å²) in [4.78, 5) is 35.5. The van der Waals surface area contributed by atoms with Crippen molar-refractivity contribution in [1.82, 2.24) is 19.5 Å². The number of imidazole rings is 1. The zero-order valence-electron chi connectivity index (χ0n) is 17.5. The SMILES string of the molecule is CC(=O)OCC(CCn1cnc2c(SCc3ccccc3)nc(N)nc21)COC(C)=O. The number of rotatable bonds is 10. The van der Waals surface area contributed by atoms with Crippen molar-refractivity contribution in [3.05, 3.63) is 42.2 Å². The molecule has 2 heterocycles. The zero-order chi connectivity index (χ0) is 22.2. The highest BCUT2D eigenvalue weighted by molar-refractivity contribution is 7.98. The number of carbonyl (C=O) groups is 2. The second kappa shape index (κ2) is 10.8. The molecule has 0 amide bonds. The van der Waals surface area contributed by atoms with Crippen LogP contribution in [0, 0.1) is 5.92 Å². The first-order chi connectivity index (χ1) is 14.9. The maximum Gasteiger partial charge on any atom is 0.302 e. The number of esters is 2. The molecule has 0 saturated carbocycles. The first-order valence-electron chi connectivity index (χ1n) is 9.84. The summed E-state index contributed by atoms with van der Waals surface area (Å²) in [5.41, 5.74) is 8.45. The summed E-state index contributed by atoms with van der Waals surface area (Å²) in [6.45, 7) is 3.58. The van der Waals surface area contributed by atoms with Gasteiger partial charge in [0.25, 0.3) is 0 Å².